The van der Waals surface area contributed by atoms with Crippen molar-refractivity contribution in [2.45, 2.75) is 19.4 Å². The molecule has 0 saturated carbocycles. The Labute approximate surface area is 164 Å². The van der Waals surface area contributed by atoms with Crippen LogP contribution in [0, 0.1) is 0 Å². The summed E-state index contributed by atoms with van der Waals surface area (Å²) < 4.78 is 25.6. The minimum atomic E-state index is -3.33. The number of sulfonamides is 1. The van der Waals surface area contributed by atoms with Crippen molar-refractivity contribution < 1.29 is 13.2 Å². The van der Waals surface area contributed by atoms with Gasteiger partial charge in [-0.1, -0.05) is 0 Å². The van der Waals surface area contributed by atoms with Crippen LogP contribution < -0.4 is 9.21 Å². The van der Waals surface area contributed by atoms with Crippen molar-refractivity contribution in [2.75, 3.05) is 41.6 Å². The summed E-state index contributed by atoms with van der Waals surface area (Å²) in [5, 5.41) is 0. The fraction of sp³-hybridized carbons (Fsp3) is 0.421. The number of carbonyl (C=O) groups excluding carboxylic acids is 1. The van der Waals surface area contributed by atoms with Gasteiger partial charge in [0, 0.05) is 50.2 Å². The molecular formula is C19H23N5O3S. The first-order valence-corrected chi connectivity index (χ1v) is 11.1. The van der Waals surface area contributed by atoms with Gasteiger partial charge >= 0.3 is 0 Å². The average Bonchev–Trinajstić information content (AvgIpc) is 3.03. The molecule has 2 aliphatic heterocycles. The van der Waals surface area contributed by atoms with Gasteiger partial charge < -0.3 is 9.80 Å². The molecule has 1 atom stereocenters. The molecule has 0 N–H and O–H groups in total. The lowest BCUT2D eigenvalue weighted by Crippen LogP contribution is -2.49. The van der Waals surface area contributed by atoms with E-state index in [4.69, 9.17) is 0 Å². The van der Waals surface area contributed by atoms with E-state index >= 15 is 0 Å². The molecule has 1 saturated heterocycles. The summed E-state index contributed by atoms with van der Waals surface area (Å²) in [6.07, 6.45) is 5.26. The average molecular weight is 401 g/mol. The number of nitrogens with zero attached hydrogens (tertiary/aromatic N) is 5. The van der Waals surface area contributed by atoms with Crippen LogP contribution in [0.2, 0.25) is 0 Å². The van der Waals surface area contributed by atoms with E-state index in [1.54, 1.807) is 30.6 Å². The van der Waals surface area contributed by atoms with Crippen LogP contribution in [0.15, 0.2) is 36.7 Å². The van der Waals surface area contributed by atoms with Gasteiger partial charge in [-0.2, -0.15) is 0 Å². The minimum Gasteiger partial charge on any atom is -0.337 e. The maximum absolute atomic E-state index is 12.9. The molecule has 1 fully saturated rings. The third-order valence-electron chi connectivity index (χ3n) is 5.24. The lowest BCUT2D eigenvalue weighted by molar-refractivity contribution is 0.0746. The zero-order valence-electron chi connectivity index (χ0n) is 15.9. The molecule has 148 valence electrons. The van der Waals surface area contributed by atoms with E-state index in [0.717, 1.165) is 5.56 Å². The predicted octanol–water partition coefficient (Wildman–Crippen LogP) is 1.15. The molecule has 1 amide bonds. The SMILES string of the molecule is C[C@@H]1Cc2cc(C(=O)N3CCN(c4ncccn4)CC3)ccc2N1S(C)(=O)=O. The molecule has 0 unspecified atom stereocenters. The van der Waals surface area contributed by atoms with Crippen LogP contribution in [0.4, 0.5) is 11.6 Å². The van der Waals surface area contributed by atoms with Crippen LogP contribution >= 0.6 is 0 Å². The van der Waals surface area contributed by atoms with E-state index in [0.29, 0.717) is 49.8 Å². The number of piperazine rings is 1. The van der Waals surface area contributed by atoms with Crippen molar-refractivity contribution in [1.82, 2.24) is 14.9 Å². The van der Waals surface area contributed by atoms with E-state index < -0.39 is 10.0 Å². The topological polar surface area (TPSA) is 86.7 Å². The number of carbonyl (C=O) groups is 1. The number of amides is 1. The molecule has 9 heteroatoms. The van der Waals surface area contributed by atoms with Gasteiger partial charge in [-0.15, -0.1) is 0 Å². The van der Waals surface area contributed by atoms with E-state index in [2.05, 4.69) is 14.9 Å². The van der Waals surface area contributed by atoms with Gasteiger partial charge in [-0.05, 0) is 43.2 Å². The second-order valence-electron chi connectivity index (χ2n) is 7.28. The van der Waals surface area contributed by atoms with Crippen LogP contribution in [0.3, 0.4) is 0 Å². The summed E-state index contributed by atoms with van der Waals surface area (Å²) in [7, 11) is -3.33. The van der Waals surface area contributed by atoms with Crippen molar-refractivity contribution >= 4 is 27.6 Å². The third kappa shape index (κ3) is 3.42. The van der Waals surface area contributed by atoms with Crippen molar-refractivity contribution in [1.29, 1.82) is 0 Å². The molecule has 0 aliphatic carbocycles. The first-order valence-electron chi connectivity index (χ1n) is 9.28. The minimum absolute atomic E-state index is 0.0260. The van der Waals surface area contributed by atoms with E-state index in [1.165, 1.54) is 10.6 Å². The Morgan fingerprint density at radius 3 is 2.43 bits per heavy atom. The lowest BCUT2D eigenvalue weighted by Gasteiger charge is -2.34. The molecule has 8 nitrogen and oxygen atoms in total. The summed E-state index contributed by atoms with van der Waals surface area (Å²) in [6.45, 7) is 4.44. The van der Waals surface area contributed by atoms with Gasteiger partial charge in [0.15, 0.2) is 0 Å². The molecule has 2 aliphatic rings. The Balaban J connectivity index is 1.48. The smallest absolute Gasteiger partial charge is 0.253 e. The maximum Gasteiger partial charge on any atom is 0.253 e. The van der Waals surface area contributed by atoms with Crippen molar-refractivity contribution in [2.24, 2.45) is 0 Å². The standard InChI is InChI=1S/C19H23N5O3S/c1-14-12-16-13-15(4-5-17(16)24(14)28(2,26)27)18(25)22-8-10-23(11-9-22)19-20-6-3-7-21-19/h3-7,13-14H,8-12H2,1-2H3/t14-/m1/s1. The first kappa shape index (κ1) is 18.7. The number of hydrogen-bond donors (Lipinski definition) is 0. The second kappa shape index (κ2) is 7.05. The fourth-order valence-electron chi connectivity index (χ4n) is 3.99. The molecule has 0 spiro atoms. The van der Waals surface area contributed by atoms with Gasteiger partial charge in [0.05, 0.1) is 11.9 Å². The van der Waals surface area contributed by atoms with E-state index in [9.17, 15) is 13.2 Å². The van der Waals surface area contributed by atoms with E-state index in [1.807, 2.05) is 17.9 Å². The largest absolute Gasteiger partial charge is 0.337 e. The second-order valence-corrected chi connectivity index (χ2v) is 9.14. The van der Waals surface area contributed by atoms with Crippen molar-refractivity contribution in [3.8, 4) is 0 Å². The number of hydrogen-bond acceptors (Lipinski definition) is 6. The first-order chi connectivity index (χ1) is 13.3. The number of fused-ring (bicyclic) bond motifs is 1. The fourth-order valence-corrected chi connectivity index (χ4v) is 5.25. The Morgan fingerprint density at radius 2 is 1.79 bits per heavy atom. The van der Waals surface area contributed by atoms with Crippen molar-refractivity contribution in [3.05, 3.63) is 47.8 Å². The monoisotopic (exact) mass is 401 g/mol. The summed E-state index contributed by atoms with van der Waals surface area (Å²) in [5.41, 5.74) is 2.18. The summed E-state index contributed by atoms with van der Waals surface area (Å²) in [5.74, 6) is 0.656. The van der Waals surface area contributed by atoms with Gasteiger partial charge in [-0.3, -0.25) is 9.10 Å². The van der Waals surface area contributed by atoms with Gasteiger partial charge in [0.2, 0.25) is 16.0 Å². The summed E-state index contributed by atoms with van der Waals surface area (Å²) in [6, 6.07) is 6.96. The zero-order chi connectivity index (χ0) is 19.9. The molecule has 4 rings (SSSR count). The quantitative estimate of drug-likeness (QED) is 0.767. The van der Waals surface area contributed by atoms with Crippen LogP contribution in [-0.2, 0) is 16.4 Å². The van der Waals surface area contributed by atoms with Crippen molar-refractivity contribution in [3.63, 3.8) is 0 Å². The Hall–Kier alpha value is -2.68. The normalized spacial score (nSPS) is 19.6. The van der Waals surface area contributed by atoms with Crippen LogP contribution in [0.25, 0.3) is 0 Å². The molecule has 28 heavy (non-hydrogen) atoms. The van der Waals surface area contributed by atoms with Gasteiger partial charge in [0.1, 0.15) is 0 Å². The number of anilines is 2. The Morgan fingerprint density at radius 1 is 1.11 bits per heavy atom. The van der Waals surface area contributed by atoms with Gasteiger partial charge in [0.25, 0.3) is 5.91 Å². The lowest BCUT2D eigenvalue weighted by atomic mass is 10.1. The van der Waals surface area contributed by atoms with Crippen LogP contribution in [0.1, 0.15) is 22.8 Å². The molecule has 0 bridgehead atoms. The molecule has 1 aromatic heterocycles. The molecule has 0 radical (unpaired) electrons. The highest BCUT2D eigenvalue weighted by molar-refractivity contribution is 7.92. The Kier molecular flexibility index (Phi) is 4.70. The van der Waals surface area contributed by atoms with Crippen LogP contribution in [-0.4, -0.2) is 67.7 Å². The summed E-state index contributed by atoms with van der Waals surface area (Å²) in [4.78, 5) is 25.4. The predicted molar refractivity (Wildman–Crippen MR) is 107 cm³/mol. The molecular weight excluding hydrogens is 378 g/mol. The highest BCUT2D eigenvalue weighted by Gasteiger charge is 2.33. The number of aromatic nitrogens is 2. The summed E-state index contributed by atoms with van der Waals surface area (Å²) >= 11 is 0. The molecule has 2 aromatic rings. The zero-order valence-corrected chi connectivity index (χ0v) is 16.8. The Bertz CT molecular complexity index is 988. The van der Waals surface area contributed by atoms with E-state index in [-0.39, 0.29) is 11.9 Å². The van der Waals surface area contributed by atoms with Crippen LogP contribution in [0.5, 0.6) is 0 Å². The highest BCUT2D eigenvalue weighted by atomic mass is 32.2. The van der Waals surface area contributed by atoms with Gasteiger partial charge in [-0.25, -0.2) is 18.4 Å². The third-order valence-corrected chi connectivity index (χ3v) is 6.51. The number of rotatable bonds is 3. The number of benzene rings is 1. The molecule has 1 aromatic carbocycles. The maximum atomic E-state index is 12.9. The molecule has 3 heterocycles. The highest BCUT2D eigenvalue weighted by Crippen LogP contribution is 2.35.